The number of nitrogens with zero attached hydrogens (tertiary/aromatic N) is 1. The van der Waals surface area contributed by atoms with Crippen LogP contribution in [0.25, 0.3) is 0 Å². The van der Waals surface area contributed by atoms with Gasteiger partial charge in [0.05, 0.1) is 6.54 Å². The van der Waals surface area contributed by atoms with Gasteiger partial charge in [0.15, 0.2) is 17.5 Å². The van der Waals surface area contributed by atoms with E-state index < -0.39 is 29.3 Å². The Labute approximate surface area is 101 Å². The lowest BCUT2D eigenvalue weighted by Gasteiger charge is -2.19. The van der Waals surface area contributed by atoms with Crippen molar-refractivity contribution in [3.63, 3.8) is 0 Å². The minimum absolute atomic E-state index is 0.127. The van der Waals surface area contributed by atoms with Crippen LogP contribution in [0.4, 0.5) is 13.2 Å². The van der Waals surface area contributed by atoms with Gasteiger partial charge in [-0.1, -0.05) is 0 Å². The fourth-order valence-corrected chi connectivity index (χ4v) is 1.38. The number of halogens is 3. The van der Waals surface area contributed by atoms with Crippen LogP contribution in [-0.4, -0.2) is 29.8 Å². The van der Waals surface area contributed by atoms with Crippen molar-refractivity contribution in [1.29, 1.82) is 0 Å². The molecular formula is C11H11F3N2O2. The minimum Gasteiger partial charge on any atom is -0.368 e. The average molecular weight is 260 g/mol. The van der Waals surface area contributed by atoms with Crippen LogP contribution in [-0.2, 0) is 4.79 Å². The second-order valence-electron chi connectivity index (χ2n) is 3.54. The molecule has 0 radical (unpaired) electrons. The van der Waals surface area contributed by atoms with Crippen LogP contribution in [0.3, 0.4) is 0 Å². The van der Waals surface area contributed by atoms with E-state index in [0.717, 1.165) is 4.90 Å². The van der Waals surface area contributed by atoms with E-state index >= 15 is 0 Å². The predicted molar refractivity (Wildman–Crippen MR) is 57.1 cm³/mol. The largest absolute Gasteiger partial charge is 0.368 e. The van der Waals surface area contributed by atoms with Crippen LogP contribution >= 0.6 is 0 Å². The highest BCUT2D eigenvalue weighted by Gasteiger charge is 2.20. The molecule has 2 N–H and O–H groups in total. The summed E-state index contributed by atoms with van der Waals surface area (Å²) in [5.41, 5.74) is 4.55. The standard InChI is InChI=1S/C11H11F3N2O2/c1-2-16(5-9(15)17)11(18)6-3-7(12)10(14)8(13)4-6/h3-4H,2,5H2,1H3,(H2,15,17). The lowest BCUT2D eigenvalue weighted by atomic mass is 10.1. The number of nitrogens with two attached hydrogens (primary N) is 1. The highest BCUT2D eigenvalue weighted by atomic mass is 19.2. The summed E-state index contributed by atoms with van der Waals surface area (Å²) >= 11 is 0. The summed E-state index contributed by atoms with van der Waals surface area (Å²) in [7, 11) is 0. The third-order valence-electron chi connectivity index (χ3n) is 2.25. The van der Waals surface area contributed by atoms with Gasteiger partial charge in [-0.25, -0.2) is 13.2 Å². The van der Waals surface area contributed by atoms with Crippen molar-refractivity contribution >= 4 is 11.8 Å². The number of rotatable bonds is 4. The molecule has 1 aromatic carbocycles. The van der Waals surface area contributed by atoms with E-state index in [2.05, 4.69) is 0 Å². The first-order valence-corrected chi connectivity index (χ1v) is 5.09. The van der Waals surface area contributed by atoms with Gasteiger partial charge in [0.25, 0.3) is 5.91 Å². The summed E-state index contributed by atoms with van der Waals surface area (Å²) in [6.07, 6.45) is 0. The van der Waals surface area contributed by atoms with Crippen molar-refractivity contribution in [2.45, 2.75) is 6.92 Å². The maximum atomic E-state index is 13.0. The van der Waals surface area contributed by atoms with Gasteiger partial charge in [0.1, 0.15) is 0 Å². The Kier molecular flexibility index (Phi) is 4.30. The second-order valence-corrected chi connectivity index (χ2v) is 3.54. The lowest BCUT2D eigenvalue weighted by molar-refractivity contribution is -0.118. The molecule has 0 aliphatic rings. The van der Waals surface area contributed by atoms with Gasteiger partial charge in [0.2, 0.25) is 5.91 Å². The van der Waals surface area contributed by atoms with Crippen LogP contribution < -0.4 is 5.73 Å². The first-order valence-electron chi connectivity index (χ1n) is 5.09. The van der Waals surface area contributed by atoms with E-state index in [1.807, 2.05) is 0 Å². The number of carbonyl (C=O) groups excluding carboxylic acids is 2. The van der Waals surface area contributed by atoms with Crippen molar-refractivity contribution in [3.8, 4) is 0 Å². The zero-order chi connectivity index (χ0) is 13.9. The van der Waals surface area contributed by atoms with Crippen molar-refractivity contribution in [1.82, 2.24) is 4.90 Å². The Balaban J connectivity index is 3.06. The number of benzene rings is 1. The first kappa shape index (κ1) is 14.0. The average Bonchev–Trinajstić information content (AvgIpc) is 2.31. The number of hydrogen-bond donors (Lipinski definition) is 1. The van der Waals surface area contributed by atoms with E-state index in [1.165, 1.54) is 0 Å². The van der Waals surface area contributed by atoms with E-state index in [1.54, 1.807) is 6.92 Å². The molecule has 1 aromatic rings. The van der Waals surface area contributed by atoms with Crippen molar-refractivity contribution in [3.05, 3.63) is 35.1 Å². The topological polar surface area (TPSA) is 63.4 Å². The van der Waals surface area contributed by atoms with Crippen molar-refractivity contribution in [2.24, 2.45) is 5.73 Å². The SMILES string of the molecule is CCN(CC(N)=O)C(=O)c1cc(F)c(F)c(F)c1. The monoisotopic (exact) mass is 260 g/mol. The molecule has 0 aliphatic carbocycles. The second kappa shape index (κ2) is 5.52. The van der Waals surface area contributed by atoms with Crippen molar-refractivity contribution < 1.29 is 22.8 Å². The zero-order valence-electron chi connectivity index (χ0n) is 9.54. The minimum atomic E-state index is -1.65. The Morgan fingerprint density at radius 1 is 1.22 bits per heavy atom. The number of primary amides is 1. The van der Waals surface area contributed by atoms with Crippen molar-refractivity contribution in [2.75, 3.05) is 13.1 Å². The van der Waals surface area contributed by atoms with Crippen LogP contribution in [0.15, 0.2) is 12.1 Å². The maximum Gasteiger partial charge on any atom is 0.254 e. The van der Waals surface area contributed by atoms with Gasteiger partial charge in [-0.05, 0) is 19.1 Å². The molecule has 0 aromatic heterocycles. The third kappa shape index (κ3) is 2.99. The summed E-state index contributed by atoms with van der Waals surface area (Å²) in [5, 5.41) is 0. The van der Waals surface area contributed by atoms with Crippen LogP contribution in [0.1, 0.15) is 17.3 Å². The molecule has 7 heteroatoms. The molecule has 0 bridgehead atoms. The molecule has 0 fully saturated rings. The molecule has 18 heavy (non-hydrogen) atoms. The molecule has 2 amide bonds. The Morgan fingerprint density at radius 2 is 1.72 bits per heavy atom. The Bertz CT molecular complexity index is 468. The highest BCUT2D eigenvalue weighted by molar-refractivity contribution is 5.96. The zero-order valence-corrected chi connectivity index (χ0v) is 9.54. The molecule has 0 heterocycles. The summed E-state index contributed by atoms with van der Waals surface area (Å²) in [5.74, 6) is -6.13. The summed E-state index contributed by atoms with van der Waals surface area (Å²) < 4.78 is 38.6. The van der Waals surface area contributed by atoms with Gasteiger partial charge in [-0.15, -0.1) is 0 Å². The molecule has 0 atom stereocenters. The maximum absolute atomic E-state index is 13.0. The molecule has 0 aliphatic heterocycles. The van der Waals surface area contributed by atoms with E-state index in [0.29, 0.717) is 12.1 Å². The van der Waals surface area contributed by atoms with Gasteiger partial charge >= 0.3 is 0 Å². The number of carbonyl (C=O) groups is 2. The van der Waals surface area contributed by atoms with Gasteiger partial charge < -0.3 is 10.6 Å². The summed E-state index contributed by atoms with van der Waals surface area (Å²) in [4.78, 5) is 23.5. The number of likely N-dealkylation sites (N-methyl/N-ethyl adjacent to an activating group) is 1. The first-order chi connectivity index (χ1) is 8.36. The van der Waals surface area contributed by atoms with Gasteiger partial charge in [-0.3, -0.25) is 9.59 Å². The normalized spacial score (nSPS) is 10.2. The molecule has 0 saturated carbocycles. The molecular weight excluding hydrogens is 249 g/mol. The van der Waals surface area contributed by atoms with E-state index in [4.69, 9.17) is 5.73 Å². The third-order valence-corrected chi connectivity index (χ3v) is 2.25. The van der Waals surface area contributed by atoms with E-state index in [9.17, 15) is 22.8 Å². The van der Waals surface area contributed by atoms with Crippen LogP contribution in [0.5, 0.6) is 0 Å². The molecule has 4 nitrogen and oxygen atoms in total. The quantitative estimate of drug-likeness (QED) is 0.822. The molecule has 0 spiro atoms. The fraction of sp³-hybridized carbons (Fsp3) is 0.273. The summed E-state index contributed by atoms with van der Waals surface area (Å²) in [6, 6.07) is 1.15. The smallest absolute Gasteiger partial charge is 0.254 e. The fourth-order valence-electron chi connectivity index (χ4n) is 1.38. The molecule has 1 rings (SSSR count). The highest BCUT2D eigenvalue weighted by Crippen LogP contribution is 2.15. The summed E-state index contributed by atoms with van der Waals surface area (Å²) in [6.45, 7) is 1.31. The number of amides is 2. The molecule has 98 valence electrons. The Morgan fingerprint density at radius 3 is 2.11 bits per heavy atom. The van der Waals surface area contributed by atoms with Gasteiger partial charge in [0, 0.05) is 12.1 Å². The lowest BCUT2D eigenvalue weighted by Crippen LogP contribution is -2.38. The van der Waals surface area contributed by atoms with Crippen LogP contribution in [0.2, 0.25) is 0 Å². The van der Waals surface area contributed by atoms with Gasteiger partial charge in [-0.2, -0.15) is 0 Å². The Hall–Kier alpha value is -2.05. The van der Waals surface area contributed by atoms with Crippen LogP contribution in [0, 0.1) is 17.5 Å². The van der Waals surface area contributed by atoms with E-state index in [-0.39, 0.29) is 18.7 Å². The molecule has 0 unspecified atom stereocenters. The predicted octanol–water partition coefficient (Wildman–Crippen LogP) is 1.05. The number of hydrogen-bond acceptors (Lipinski definition) is 2. The molecule has 0 saturated heterocycles.